The quantitative estimate of drug-likeness (QED) is 0.489. The van der Waals surface area contributed by atoms with Crippen LogP contribution in [0.15, 0.2) is 36.4 Å². The van der Waals surface area contributed by atoms with Crippen molar-refractivity contribution in [3.8, 4) is 11.1 Å². The normalized spacial score (nSPS) is 12.5. The molecule has 0 atom stereocenters. The predicted molar refractivity (Wildman–Crippen MR) is 80.7 cm³/mol. The van der Waals surface area contributed by atoms with Gasteiger partial charge in [-0.05, 0) is 92.7 Å². The van der Waals surface area contributed by atoms with Crippen molar-refractivity contribution in [2.24, 2.45) is 0 Å². The van der Waals surface area contributed by atoms with Crippen molar-refractivity contribution in [2.45, 2.75) is 0 Å². The van der Waals surface area contributed by atoms with Crippen LogP contribution in [-0.4, -0.2) is 5.78 Å². The van der Waals surface area contributed by atoms with Crippen LogP contribution in [0.5, 0.6) is 0 Å². The highest BCUT2D eigenvalue weighted by Gasteiger charge is 2.26. The van der Waals surface area contributed by atoms with E-state index in [9.17, 15) is 4.79 Å². The van der Waals surface area contributed by atoms with E-state index in [2.05, 4.69) is 57.3 Å². The number of carbonyl (C=O) groups is 1. The maximum Gasteiger partial charge on any atom is 0.194 e. The predicted octanol–water partition coefficient (Wildman–Crippen LogP) is 4.11. The van der Waals surface area contributed by atoms with E-state index in [4.69, 9.17) is 0 Å². The fourth-order valence-corrected chi connectivity index (χ4v) is 3.00. The fourth-order valence-electron chi connectivity index (χ4n) is 2.02. The highest BCUT2D eigenvalue weighted by atomic mass is 127. The summed E-state index contributed by atoms with van der Waals surface area (Å²) < 4.78 is 2.33. The van der Waals surface area contributed by atoms with Crippen molar-refractivity contribution >= 4 is 51.0 Å². The van der Waals surface area contributed by atoms with Crippen LogP contribution in [0.4, 0.5) is 0 Å². The van der Waals surface area contributed by atoms with Crippen molar-refractivity contribution in [1.29, 1.82) is 0 Å². The van der Waals surface area contributed by atoms with E-state index in [-0.39, 0.29) is 5.78 Å². The van der Waals surface area contributed by atoms with Crippen molar-refractivity contribution < 1.29 is 4.79 Å². The number of carbonyl (C=O) groups excluding carboxylic acids is 1. The molecule has 3 heteroatoms. The van der Waals surface area contributed by atoms with E-state index in [1.165, 1.54) is 0 Å². The number of benzene rings is 2. The van der Waals surface area contributed by atoms with Gasteiger partial charge in [0.25, 0.3) is 0 Å². The van der Waals surface area contributed by atoms with Gasteiger partial charge in [-0.15, -0.1) is 0 Å². The minimum Gasteiger partial charge on any atom is -0.289 e. The largest absolute Gasteiger partial charge is 0.289 e. The summed E-state index contributed by atoms with van der Waals surface area (Å²) >= 11 is 4.55. The van der Waals surface area contributed by atoms with Gasteiger partial charge in [-0.25, -0.2) is 0 Å². The minimum absolute atomic E-state index is 0.151. The first-order valence-electron chi connectivity index (χ1n) is 4.81. The van der Waals surface area contributed by atoms with Gasteiger partial charge in [0.05, 0.1) is 0 Å². The van der Waals surface area contributed by atoms with Crippen LogP contribution < -0.4 is 0 Å². The second-order valence-electron chi connectivity index (χ2n) is 3.71. The molecule has 0 unspecified atom stereocenters. The summed E-state index contributed by atoms with van der Waals surface area (Å²) in [6, 6.07) is 12.0. The van der Waals surface area contributed by atoms with E-state index < -0.39 is 0 Å². The zero-order valence-electron chi connectivity index (χ0n) is 8.13. The monoisotopic (exact) mass is 432 g/mol. The van der Waals surface area contributed by atoms with Gasteiger partial charge in [-0.1, -0.05) is 0 Å². The molecule has 0 heterocycles. The fraction of sp³-hybridized carbons (Fsp3) is 0. The molecule has 0 fully saturated rings. The van der Waals surface area contributed by atoms with Gasteiger partial charge in [0.15, 0.2) is 5.78 Å². The van der Waals surface area contributed by atoms with Crippen molar-refractivity contribution in [3.63, 3.8) is 0 Å². The molecule has 0 saturated carbocycles. The van der Waals surface area contributed by atoms with E-state index in [1.807, 2.05) is 24.3 Å². The Balaban J connectivity index is 2.37. The zero-order chi connectivity index (χ0) is 11.3. The number of ketones is 1. The van der Waals surface area contributed by atoms with Gasteiger partial charge in [0, 0.05) is 18.3 Å². The molecule has 3 rings (SSSR count). The standard InChI is InChI=1S/C13H6I2O/c14-7-1-3-9-11(5-7)12-6-8(15)2-4-10(12)13(9)16/h1-6H. The molecule has 0 radical (unpaired) electrons. The van der Waals surface area contributed by atoms with Gasteiger partial charge >= 0.3 is 0 Å². The summed E-state index contributed by atoms with van der Waals surface area (Å²) in [6.07, 6.45) is 0. The molecule has 0 amide bonds. The third-order valence-corrected chi connectivity index (χ3v) is 4.08. The van der Waals surface area contributed by atoms with Crippen molar-refractivity contribution in [1.82, 2.24) is 0 Å². The van der Waals surface area contributed by atoms with Crippen LogP contribution in [0, 0.1) is 7.14 Å². The Kier molecular flexibility index (Phi) is 2.54. The summed E-state index contributed by atoms with van der Waals surface area (Å²) in [7, 11) is 0. The molecule has 78 valence electrons. The van der Waals surface area contributed by atoms with Crippen molar-refractivity contribution in [3.05, 3.63) is 54.7 Å². The maximum atomic E-state index is 12.1. The van der Waals surface area contributed by atoms with Gasteiger partial charge < -0.3 is 0 Å². The molecule has 0 aliphatic heterocycles. The Bertz CT molecular complexity index is 564. The third kappa shape index (κ3) is 1.52. The summed E-state index contributed by atoms with van der Waals surface area (Å²) in [5, 5.41) is 0. The van der Waals surface area contributed by atoms with Gasteiger partial charge in [0.2, 0.25) is 0 Å². The highest BCUT2D eigenvalue weighted by molar-refractivity contribution is 14.1. The molecule has 0 aromatic heterocycles. The lowest BCUT2D eigenvalue weighted by Gasteiger charge is -2.00. The molecule has 1 nitrogen and oxygen atoms in total. The lowest BCUT2D eigenvalue weighted by Crippen LogP contribution is -1.94. The lowest BCUT2D eigenvalue weighted by molar-refractivity contribution is 0.104. The van der Waals surface area contributed by atoms with Crippen LogP contribution in [0.3, 0.4) is 0 Å². The number of rotatable bonds is 0. The van der Waals surface area contributed by atoms with Gasteiger partial charge in [-0.3, -0.25) is 4.79 Å². The second-order valence-corrected chi connectivity index (χ2v) is 6.20. The summed E-state index contributed by atoms with van der Waals surface area (Å²) in [6.45, 7) is 0. The molecule has 0 N–H and O–H groups in total. The summed E-state index contributed by atoms with van der Waals surface area (Å²) in [5.74, 6) is 0.151. The first-order chi connectivity index (χ1) is 7.66. The molecule has 1 aliphatic carbocycles. The molecule has 0 spiro atoms. The maximum absolute atomic E-state index is 12.1. The van der Waals surface area contributed by atoms with Gasteiger partial charge in [-0.2, -0.15) is 0 Å². The Morgan fingerprint density at radius 3 is 1.56 bits per heavy atom. The lowest BCUT2D eigenvalue weighted by atomic mass is 10.1. The molecule has 2 aromatic rings. The van der Waals surface area contributed by atoms with Crippen LogP contribution >= 0.6 is 45.2 Å². The number of hydrogen-bond acceptors (Lipinski definition) is 1. The molecule has 2 aromatic carbocycles. The number of hydrogen-bond donors (Lipinski definition) is 0. The van der Waals surface area contributed by atoms with E-state index in [0.29, 0.717) is 0 Å². The van der Waals surface area contributed by atoms with Gasteiger partial charge in [0.1, 0.15) is 0 Å². The summed E-state index contributed by atoms with van der Waals surface area (Å²) in [5.41, 5.74) is 3.81. The molecule has 0 saturated heterocycles. The highest BCUT2D eigenvalue weighted by Crippen LogP contribution is 2.37. The Labute approximate surface area is 121 Å². The van der Waals surface area contributed by atoms with E-state index in [0.717, 1.165) is 29.4 Å². The zero-order valence-corrected chi connectivity index (χ0v) is 12.4. The van der Waals surface area contributed by atoms with Crippen LogP contribution in [-0.2, 0) is 0 Å². The third-order valence-electron chi connectivity index (χ3n) is 2.74. The average molecular weight is 432 g/mol. The minimum atomic E-state index is 0.151. The topological polar surface area (TPSA) is 17.1 Å². The van der Waals surface area contributed by atoms with Crippen LogP contribution in [0.1, 0.15) is 15.9 Å². The second kappa shape index (κ2) is 3.80. The SMILES string of the molecule is O=C1c2ccc(I)cc2-c2cc(I)ccc21. The van der Waals surface area contributed by atoms with E-state index >= 15 is 0 Å². The Morgan fingerprint density at radius 1 is 0.688 bits per heavy atom. The molecular weight excluding hydrogens is 426 g/mol. The Hall–Kier alpha value is -0.430. The molecule has 0 bridgehead atoms. The average Bonchev–Trinajstić information content (AvgIpc) is 2.52. The smallest absolute Gasteiger partial charge is 0.194 e. The molecule has 1 aliphatic rings. The Morgan fingerprint density at radius 2 is 1.12 bits per heavy atom. The van der Waals surface area contributed by atoms with Crippen LogP contribution in [0.25, 0.3) is 11.1 Å². The first-order valence-corrected chi connectivity index (χ1v) is 6.97. The van der Waals surface area contributed by atoms with Crippen LogP contribution in [0.2, 0.25) is 0 Å². The van der Waals surface area contributed by atoms with Crippen molar-refractivity contribution in [2.75, 3.05) is 0 Å². The summed E-state index contributed by atoms with van der Waals surface area (Å²) in [4.78, 5) is 12.1. The van der Waals surface area contributed by atoms with E-state index in [1.54, 1.807) is 0 Å². The number of halogens is 2. The first kappa shape index (κ1) is 10.7. The molecule has 16 heavy (non-hydrogen) atoms. The number of fused-ring (bicyclic) bond motifs is 3. The molecular formula is C13H6I2O.